The van der Waals surface area contributed by atoms with Gasteiger partial charge in [0.1, 0.15) is 17.2 Å². The van der Waals surface area contributed by atoms with E-state index in [1.807, 2.05) is 25.7 Å². The standard InChI is InChI=1S/C23H24FN5O2/c1-23(2,3)31-22(30)27-17-7-9-29(10-8-17)21-12-15(14-25)11-20(28-21)16-5-6-19(26-4)18(24)13-16/h5-6,11-13,17H,7-10H2,1-3H3,(H,27,30). The lowest BCUT2D eigenvalue weighted by Crippen LogP contribution is -2.46. The highest BCUT2D eigenvalue weighted by molar-refractivity contribution is 5.68. The van der Waals surface area contributed by atoms with Crippen molar-refractivity contribution in [3.8, 4) is 17.3 Å². The molecular formula is C23H24FN5O2. The first-order valence-corrected chi connectivity index (χ1v) is 10.0. The molecule has 0 saturated carbocycles. The van der Waals surface area contributed by atoms with E-state index in [1.54, 1.807) is 18.2 Å². The zero-order valence-corrected chi connectivity index (χ0v) is 17.8. The van der Waals surface area contributed by atoms with Gasteiger partial charge in [0.15, 0.2) is 0 Å². The fourth-order valence-electron chi connectivity index (χ4n) is 3.37. The number of carbonyl (C=O) groups is 1. The number of anilines is 1. The Kier molecular flexibility index (Phi) is 6.41. The van der Waals surface area contributed by atoms with Crippen molar-refractivity contribution >= 4 is 17.6 Å². The van der Waals surface area contributed by atoms with E-state index in [9.17, 15) is 14.4 Å². The van der Waals surface area contributed by atoms with Crippen molar-refractivity contribution in [2.45, 2.75) is 45.3 Å². The van der Waals surface area contributed by atoms with E-state index in [2.05, 4.69) is 21.2 Å². The second-order valence-electron chi connectivity index (χ2n) is 8.40. The molecule has 1 aromatic heterocycles. The average molecular weight is 421 g/mol. The summed E-state index contributed by atoms with van der Waals surface area (Å²) in [6.45, 7) is 13.7. The SMILES string of the molecule is [C-]#[N+]c1ccc(-c2cc(C#N)cc(N3CCC(NC(=O)OC(C)(C)C)CC3)n2)cc1F. The lowest BCUT2D eigenvalue weighted by atomic mass is 10.0. The van der Waals surface area contributed by atoms with Crippen LogP contribution in [0.25, 0.3) is 16.1 Å². The number of nitrogens with zero attached hydrogens (tertiary/aromatic N) is 4. The number of hydrogen-bond donors (Lipinski definition) is 1. The molecule has 0 radical (unpaired) electrons. The average Bonchev–Trinajstić information content (AvgIpc) is 2.72. The van der Waals surface area contributed by atoms with Crippen LogP contribution in [0.5, 0.6) is 0 Å². The molecule has 8 heteroatoms. The summed E-state index contributed by atoms with van der Waals surface area (Å²) in [7, 11) is 0. The first kappa shape index (κ1) is 22.0. The van der Waals surface area contributed by atoms with Gasteiger partial charge in [-0.25, -0.2) is 19.0 Å². The van der Waals surface area contributed by atoms with Gasteiger partial charge in [-0.15, -0.1) is 0 Å². The van der Waals surface area contributed by atoms with Gasteiger partial charge in [-0.3, -0.25) is 0 Å². The summed E-state index contributed by atoms with van der Waals surface area (Å²) >= 11 is 0. The van der Waals surface area contributed by atoms with E-state index in [-0.39, 0.29) is 11.7 Å². The van der Waals surface area contributed by atoms with Crippen LogP contribution in [0.2, 0.25) is 0 Å². The maximum Gasteiger partial charge on any atom is 0.407 e. The number of rotatable bonds is 3. The number of pyridine rings is 1. The summed E-state index contributed by atoms with van der Waals surface area (Å²) in [5.74, 6) is 0.00618. The lowest BCUT2D eigenvalue weighted by Gasteiger charge is -2.33. The molecule has 0 spiro atoms. The number of alkyl carbamates (subject to hydrolysis) is 1. The molecule has 1 amide bonds. The van der Waals surface area contributed by atoms with Crippen LogP contribution in [0.4, 0.5) is 20.7 Å². The molecule has 0 unspecified atom stereocenters. The smallest absolute Gasteiger partial charge is 0.407 e. The van der Waals surface area contributed by atoms with E-state index in [0.29, 0.717) is 48.6 Å². The van der Waals surface area contributed by atoms with Crippen LogP contribution >= 0.6 is 0 Å². The van der Waals surface area contributed by atoms with E-state index in [1.165, 1.54) is 12.1 Å². The first-order valence-electron chi connectivity index (χ1n) is 10.0. The minimum absolute atomic E-state index is 0.0000164. The van der Waals surface area contributed by atoms with Gasteiger partial charge >= 0.3 is 6.09 Å². The molecule has 2 heterocycles. The van der Waals surface area contributed by atoms with Crippen LogP contribution in [0.15, 0.2) is 30.3 Å². The molecule has 2 aromatic rings. The molecule has 1 N–H and O–H groups in total. The normalized spacial score (nSPS) is 14.5. The molecule has 1 saturated heterocycles. The molecule has 1 aromatic carbocycles. The van der Waals surface area contributed by atoms with Crippen LogP contribution < -0.4 is 10.2 Å². The van der Waals surface area contributed by atoms with Crippen LogP contribution in [0.3, 0.4) is 0 Å². The Morgan fingerprint density at radius 2 is 2.03 bits per heavy atom. The molecule has 160 valence electrons. The summed E-state index contributed by atoms with van der Waals surface area (Å²) < 4.78 is 19.4. The Balaban J connectivity index is 1.73. The topological polar surface area (TPSA) is 82.6 Å². The highest BCUT2D eigenvalue weighted by atomic mass is 19.1. The predicted octanol–water partition coefficient (Wildman–Crippen LogP) is 4.80. The molecule has 1 fully saturated rings. The quantitative estimate of drug-likeness (QED) is 0.720. The highest BCUT2D eigenvalue weighted by Crippen LogP contribution is 2.28. The van der Waals surface area contributed by atoms with Crippen molar-refractivity contribution in [3.05, 3.63) is 53.1 Å². The van der Waals surface area contributed by atoms with Gasteiger partial charge in [-0.05, 0) is 51.8 Å². The summed E-state index contributed by atoms with van der Waals surface area (Å²) in [4.78, 5) is 21.8. The Hall–Kier alpha value is -3.65. The van der Waals surface area contributed by atoms with Crippen molar-refractivity contribution in [2.75, 3.05) is 18.0 Å². The summed E-state index contributed by atoms with van der Waals surface area (Å²) in [6.07, 6.45) is 0.991. The summed E-state index contributed by atoms with van der Waals surface area (Å²) in [5, 5.41) is 12.3. The minimum Gasteiger partial charge on any atom is -0.444 e. The molecule has 3 rings (SSSR count). The minimum atomic E-state index is -0.618. The number of halogens is 1. The summed E-state index contributed by atoms with van der Waals surface area (Å²) in [5.41, 5.74) is 0.793. The largest absolute Gasteiger partial charge is 0.444 e. The number of nitriles is 1. The first-order chi connectivity index (χ1) is 14.7. The number of hydrogen-bond acceptors (Lipinski definition) is 5. The number of amides is 1. The van der Waals surface area contributed by atoms with Gasteiger partial charge in [-0.2, -0.15) is 5.26 Å². The van der Waals surface area contributed by atoms with E-state index in [4.69, 9.17) is 11.3 Å². The fourth-order valence-corrected chi connectivity index (χ4v) is 3.37. The Morgan fingerprint density at radius 3 is 2.61 bits per heavy atom. The van der Waals surface area contributed by atoms with Crippen LogP contribution in [0, 0.1) is 23.7 Å². The van der Waals surface area contributed by atoms with Crippen LogP contribution in [0.1, 0.15) is 39.2 Å². The lowest BCUT2D eigenvalue weighted by molar-refractivity contribution is 0.0497. The van der Waals surface area contributed by atoms with Gasteiger partial charge in [0, 0.05) is 24.7 Å². The monoisotopic (exact) mass is 421 g/mol. The van der Waals surface area contributed by atoms with Crippen LogP contribution in [-0.4, -0.2) is 35.8 Å². The third-order valence-electron chi connectivity index (χ3n) is 4.84. The van der Waals surface area contributed by atoms with Crippen molar-refractivity contribution < 1.29 is 13.9 Å². The van der Waals surface area contributed by atoms with Crippen molar-refractivity contribution in [1.82, 2.24) is 10.3 Å². The van der Waals surface area contributed by atoms with Crippen molar-refractivity contribution in [2.24, 2.45) is 0 Å². The van der Waals surface area contributed by atoms with Crippen molar-refractivity contribution in [3.63, 3.8) is 0 Å². The Bertz CT molecular complexity index is 1060. The van der Waals surface area contributed by atoms with Gasteiger partial charge < -0.3 is 15.0 Å². The number of piperidine rings is 1. The molecule has 1 aliphatic rings. The number of benzene rings is 1. The second kappa shape index (κ2) is 9.01. The molecule has 0 atom stereocenters. The van der Waals surface area contributed by atoms with E-state index in [0.717, 1.165) is 0 Å². The molecule has 0 aliphatic carbocycles. The second-order valence-corrected chi connectivity index (χ2v) is 8.40. The van der Waals surface area contributed by atoms with E-state index < -0.39 is 17.5 Å². The highest BCUT2D eigenvalue weighted by Gasteiger charge is 2.24. The third kappa shape index (κ3) is 5.70. The molecular weight excluding hydrogens is 397 g/mol. The Morgan fingerprint density at radius 1 is 1.32 bits per heavy atom. The van der Waals surface area contributed by atoms with Gasteiger partial charge in [-0.1, -0.05) is 12.1 Å². The molecule has 31 heavy (non-hydrogen) atoms. The predicted molar refractivity (Wildman–Crippen MR) is 115 cm³/mol. The Labute approximate surface area is 181 Å². The van der Waals surface area contributed by atoms with E-state index >= 15 is 0 Å². The zero-order valence-electron chi connectivity index (χ0n) is 17.8. The van der Waals surface area contributed by atoms with Crippen LogP contribution in [-0.2, 0) is 4.74 Å². The number of nitrogens with one attached hydrogen (secondary N) is 1. The number of carbonyl (C=O) groups excluding carboxylic acids is 1. The number of ether oxygens (including phenoxy) is 1. The molecule has 7 nitrogen and oxygen atoms in total. The fraction of sp³-hybridized carbons (Fsp3) is 0.391. The zero-order chi connectivity index (χ0) is 22.6. The van der Waals surface area contributed by atoms with Crippen molar-refractivity contribution in [1.29, 1.82) is 5.26 Å². The molecule has 1 aliphatic heterocycles. The summed E-state index contributed by atoms with van der Waals surface area (Å²) in [6, 6.07) is 9.73. The maximum atomic E-state index is 14.1. The number of aromatic nitrogens is 1. The van der Waals surface area contributed by atoms with Gasteiger partial charge in [0.25, 0.3) is 0 Å². The van der Waals surface area contributed by atoms with Gasteiger partial charge in [0.05, 0.1) is 23.9 Å². The third-order valence-corrected chi connectivity index (χ3v) is 4.84. The molecule has 0 bridgehead atoms. The van der Waals surface area contributed by atoms with Gasteiger partial charge in [0.2, 0.25) is 5.69 Å². The maximum absolute atomic E-state index is 14.1.